The molecule has 0 aliphatic heterocycles. The second kappa shape index (κ2) is 11.8. The summed E-state index contributed by atoms with van der Waals surface area (Å²) in [6.45, 7) is 7.58. The van der Waals surface area contributed by atoms with E-state index in [0.717, 1.165) is 21.6 Å². The first-order valence-electron chi connectivity index (χ1n) is 10.3. The van der Waals surface area contributed by atoms with Gasteiger partial charge in [-0.15, -0.1) is 11.8 Å². The Hall–Kier alpha value is -2.46. The quantitative estimate of drug-likeness (QED) is 0.316. The van der Waals surface area contributed by atoms with Crippen LogP contribution in [-0.2, 0) is 11.0 Å². The van der Waals surface area contributed by atoms with Crippen LogP contribution in [0.3, 0.4) is 0 Å². The van der Waals surface area contributed by atoms with E-state index in [1.807, 2.05) is 37.4 Å². The molecule has 2 amide bonds. The molecule has 0 spiro atoms. The van der Waals surface area contributed by atoms with Gasteiger partial charge in [-0.3, -0.25) is 14.1 Å². The number of hydrogen-bond donors (Lipinski definition) is 2. The van der Waals surface area contributed by atoms with Gasteiger partial charge in [0.15, 0.2) is 11.0 Å². The van der Waals surface area contributed by atoms with Gasteiger partial charge in [0.2, 0.25) is 0 Å². The summed E-state index contributed by atoms with van der Waals surface area (Å²) in [6.07, 6.45) is 6.04. The maximum absolute atomic E-state index is 13.1. The third kappa shape index (κ3) is 6.15. The van der Waals surface area contributed by atoms with Crippen molar-refractivity contribution in [3.05, 3.63) is 85.8 Å². The van der Waals surface area contributed by atoms with E-state index in [9.17, 15) is 13.8 Å². The van der Waals surface area contributed by atoms with Crippen LogP contribution in [0.25, 0.3) is 16.5 Å². The summed E-state index contributed by atoms with van der Waals surface area (Å²) in [5, 5.41) is 4.35. The third-order valence-corrected chi connectivity index (χ3v) is 8.54. The monoisotopic (exact) mass is 533 g/mol. The topological polar surface area (TPSA) is 80.2 Å². The van der Waals surface area contributed by atoms with Crippen LogP contribution in [0.2, 0.25) is 5.02 Å². The summed E-state index contributed by atoms with van der Waals surface area (Å²) in [5.74, 6) is 0. The normalized spacial score (nSPS) is 12.4. The van der Waals surface area contributed by atoms with Crippen LogP contribution >= 0.6 is 35.1 Å². The molecule has 0 aliphatic carbocycles. The lowest BCUT2D eigenvalue weighted by Gasteiger charge is -2.13. The molecule has 6 nitrogen and oxygen atoms in total. The van der Waals surface area contributed by atoms with E-state index < -0.39 is 17.0 Å². The van der Waals surface area contributed by atoms with E-state index in [1.54, 1.807) is 49.2 Å². The van der Waals surface area contributed by atoms with E-state index in [1.165, 1.54) is 16.3 Å². The van der Waals surface area contributed by atoms with Crippen LogP contribution in [0.4, 0.5) is 10.5 Å². The fourth-order valence-electron chi connectivity index (χ4n) is 3.02. The molecule has 1 unspecified atom stereocenters. The number of allylic oxidation sites excluding steroid dienone is 2. The van der Waals surface area contributed by atoms with E-state index in [0.29, 0.717) is 21.0 Å². The largest absolute Gasteiger partial charge is 0.331 e. The van der Waals surface area contributed by atoms with Crippen molar-refractivity contribution >= 4 is 68.6 Å². The van der Waals surface area contributed by atoms with Gasteiger partial charge in [0.05, 0.1) is 14.9 Å². The molecule has 0 aliphatic rings. The van der Waals surface area contributed by atoms with Gasteiger partial charge in [-0.1, -0.05) is 49.0 Å². The second-order valence-electron chi connectivity index (χ2n) is 7.04. The molecule has 0 bridgehead atoms. The maximum Gasteiger partial charge on any atom is 0.331 e. The van der Waals surface area contributed by atoms with Gasteiger partial charge in [0.1, 0.15) is 0 Å². The number of carbonyl (C=O) groups is 1. The lowest BCUT2D eigenvalue weighted by atomic mass is 10.1. The number of nitrogens with one attached hydrogen (secondary N) is 2. The Kier molecular flexibility index (Phi) is 9.07. The number of halogens is 1. The van der Waals surface area contributed by atoms with Gasteiger partial charge < -0.3 is 5.32 Å². The Morgan fingerprint density at radius 2 is 2.00 bits per heavy atom. The number of anilines is 1. The van der Waals surface area contributed by atoms with Gasteiger partial charge in [-0.05, 0) is 66.3 Å². The molecule has 178 valence electrons. The average Bonchev–Trinajstić information content (AvgIpc) is 2.82. The molecular formula is C24H24ClN3O3S3. The highest BCUT2D eigenvalue weighted by Gasteiger charge is 2.14. The summed E-state index contributed by atoms with van der Waals surface area (Å²) in [7, 11) is -1.72. The van der Waals surface area contributed by atoms with Gasteiger partial charge in [0.25, 0.3) is 5.56 Å². The summed E-state index contributed by atoms with van der Waals surface area (Å²) >= 11 is 9.30. The number of benzene rings is 2. The first-order valence-corrected chi connectivity index (χ1v) is 13.8. The van der Waals surface area contributed by atoms with Crippen molar-refractivity contribution in [3.63, 3.8) is 0 Å². The molecule has 0 radical (unpaired) electrons. The summed E-state index contributed by atoms with van der Waals surface area (Å²) in [5.41, 5.74) is 0.701. The lowest BCUT2D eigenvalue weighted by Crippen LogP contribution is -2.30. The van der Waals surface area contributed by atoms with Gasteiger partial charge in [-0.2, -0.15) is 0 Å². The lowest BCUT2D eigenvalue weighted by molar-refractivity contribution is 0.257. The zero-order valence-corrected chi connectivity index (χ0v) is 22.1. The minimum Gasteiger partial charge on any atom is -0.307 e. The first kappa shape index (κ1) is 26.2. The first-order chi connectivity index (χ1) is 16.3. The number of pyridine rings is 1. The number of fused-ring (bicyclic) bond motifs is 1. The van der Waals surface area contributed by atoms with Crippen LogP contribution in [0.15, 0.2) is 80.1 Å². The van der Waals surface area contributed by atoms with E-state index in [2.05, 4.69) is 16.6 Å². The number of carbonyl (C=O) groups excluding carboxylic acids is 1. The Bertz CT molecular complexity index is 1370. The molecular weight excluding hydrogens is 510 g/mol. The van der Waals surface area contributed by atoms with Crippen molar-refractivity contribution < 1.29 is 9.00 Å². The van der Waals surface area contributed by atoms with Crippen LogP contribution in [0.1, 0.15) is 20.3 Å². The number of amides is 2. The van der Waals surface area contributed by atoms with Gasteiger partial charge in [-0.25, -0.2) is 9.00 Å². The van der Waals surface area contributed by atoms with Crippen LogP contribution in [-0.4, -0.2) is 21.1 Å². The predicted molar refractivity (Wildman–Crippen MR) is 147 cm³/mol. The highest BCUT2D eigenvalue weighted by atomic mass is 35.5. The maximum atomic E-state index is 13.1. The number of urea groups is 1. The molecule has 3 aromatic rings. The molecule has 1 atom stereocenters. The SMILES string of the molecule is C=C(CC)S/C(=C\C)S(=O)NC(=O)Nc1ccc(-n2ccc3ccc(SC)cc3c2=O)c(Cl)c1. The smallest absolute Gasteiger partial charge is 0.307 e. The molecule has 34 heavy (non-hydrogen) atoms. The molecule has 2 N–H and O–H groups in total. The van der Waals surface area contributed by atoms with E-state index >= 15 is 0 Å². The molecule has 3 rings (SSSR count). The Balaban J connectivity index is 1.78. The van der Waals surface area contributed by atoms with Gasteiger partial charge in [0, 0.05) is 22.2 Å². The highest BCUT2D eigenvalue weighted by molar-refractivity contribution is 8.18. The average molecular weight is 534 g/mol. The van der Waals surface area contributed by atoms with E-state index in [-0.39, 0.29) is 10.6 Å². The minimum absolute atomic E-state index is 0.186. The Labute approximate surface area is 214 Å². The second-order valence-corrected chi connectivity index (χ2v) is 11.0. The number of nitrogens with zero attached hydrogens (tertiary/aromatic N) is 1. The van der Waals surface area contributed by atoms with Crippen molar-refractivity contribution in [1.29, 1.82) is 0 Å². The highest BCUT2D eigenvalue weighted by Crippen LogP contribution is 2.28. The van der Waals surface area contributed by atoms with Crippen molar-refractivity contribution in [3.8, 4) is 5.69 Å². The molecule has 10 heteroatoms. The standard InChI is InChI=1S/C24H24ClN3O3S3/c1-5-15(3)33-22(6-2)34(31)27-24(30)26-17-8-10-21(20(25)13-17)28-12-11-16-7-9-18(32-4)14-19(16)23(28)29/h6-14H,3,5H2,1-2,4H3,(H2,26,27,30)/b22-6+. The number of rotatable bonds is 8. The van der Waals surface area contributed by atoms with Crippen LogP contribution in [0, 0.1) is 0 Å². The molecule has 0 fully saturated rings. The Morgan fingerprint density at radius 1 is 1.24 bits per heavy atom. The molecule has 1 heterocycles. The van der Waals surface area contributed by atoms with Crippen LogP contribution in [0.5, 0.6) is 0 Å². The van der Waals surface area contributed by atoms with Crippen molar-refractivity contribution in [2.45, 2.75) is 25.2 Å². The molecule has 1 aromatic heterocycles. The van der Waals surface area contributed by atoms with Crippen LogP contribution < -0.4 is 15.6 Å². The predicted octanol–water partition coefficient (Wildman–Crippen LogP) is 6.67. The molecule has 0 saturated heterocycles. The molecule has 2 aromatic carbocycles. The molecule has 0 saturated carbocycles. The fourth-order valence-corrected chi connectivity index (χ4v) is 5.60. The number of hydrogen-bond acceptors (Lipinski definition) is 5. The fraction of sp³-hybridized carbons (Fsp3) is 0.167. The zero-order chi connectivity index (χ0) is 24.8. The summed E-state index contributed by atoms with van der Waals surface area (Å²) < 4.78 is 16.8. The summed E-state index contributed by atoms with van der Waals surface area (Å²) in [6, 6.07) is 11.8. The van der Waals surface area contributed by atoms with Crippen molar-refractivity contribution in [2.24, 2.45) is 0 Å². The minimum atomic E-state index is -1.72. The number of thioether (sulfide) groups is 2. The van der Waals surface area contributed by atoms with E-state index in [4.69, 9.17) is 11.6 Å². The van der Waals surface area contributed by atoms with Crippen molar-refractivity contribution in [2.75, 3.05) is 11.6 Å². The van der Waals surface area contributed by atoms with Gasteiger partial charge >= 0.3 is 6.03 Å². The number of aromatic nitrogens is 1. The third-order valence-electron chi connectivity index (χ3n) is 4.82. The van der Waals surface area contributed by atoms with Crippen molar-refractivity contribution in [1.82, 2.24) is 9.29 Å². The zero-order valence-electron chi connectivity index (χ0n) is 18.9. The Morgan fingerprint density at radius 3 is 2.65 bits per heavy atom. The summed E-state index contributed by atoms with van der Waals surface area (Å²) in [4.78, 5) is 27.3.